The van der Waals surface area contributed by atoms with Crippen LogP contribution in [0.5, 0.6) is 5.75 Å². The summed E-state index contributed by atoms with van der Waals surface area (Å²) >= 11 is 4.82. The van der Waals surface area contributed by atoms with Crippen molar-refractivity contribution >= 4 is 44.4 Å². The summed E-state index contributed by atoms with van der Waals surface area (Å²) in [6.45, 7) is 2.55. The van der Waals surface area contributed by atoms with E-state index in [9.17, 15) is 0 Å². The summed E-state index contributed by atoms with van der Waals surface area (Å²) in [7, 11) is 0. The molecule has 0 aliphatic heterocycles. The van der Waals surface area contributed by atoms with Crippen molar-refractivity contribution < 1.29 is 4.74 Å². The van der Waals surface area contributed by atoms with Gasteiger partial charge in [0, 0.05) is 15.4 Å². The lowest BCUT2D eigenvalue weighted by Gasteiger charge is -2.06. The van der Waals surface area contributed by atoms with E-state index >= 15 is 0 Å². The Bertz CT molecular complexity index is 585. The number of aromatic nitrogens is 1. The van der Waals surface area contributed by atoms with Crippen molar-refractivity contribution in [3.63, 3.8) is 0 Å². The van der Waals surface area contributed by atoms with E-state index < -0.39 is 0 Å². The maximum absolute atomic E-state index is 5.53. The number of nitrogens with one attached hydrogen (secondary N) is 1. The molecule has 1 aromatic heterocycles. The van der Waals surface area contributed by atoms with E-state index in [1.807, 2.05) is 25.1 Å². The Balaban J connectivity index is 2.10. The topological polar surface area (TPSA) is 72.5 Å². The second-order valence-electron chi connectivity index (χ2n) is 3.56. The number of thiazole rings is 1. The molecule has 2 aromatic rings. The summed E-state index contributed by atoms with van der Waals surface area (Å²) in [5.74, 6) is 1.27. The monoisotopic (exact) mass is 340 g/mol. The molecule has 1 aromatic carbocycles. The molecular weight excluding hydrogens is 328 g/mol. The average molecular weight is 341 g/mol. The minimum absolute atomic E-state index is 0.486. The maximum Gasteiger partial charge on any atom is 0.205 e. The Kier molecular flexibility index (Phi) is 4.75. The van der Waals surface area contributed by atoms with Gasteiger partial charge >= 0.3 is 0 Å². The molecule has 2 rings (SSSR count). The van der Waals surface area contributed by atoms with E-state index in [0.29, 0.717) is 17.6 Å². The molecule has 0 bridgehead atoms. The molecule has 19 heavy (non-hydrogen) atoms. The minimum Gasteiger partial charge on any atom is -0.493 e. The lowest BCUT2D eigenvalue weighted by atomic mass is 10.2. The normalized spacial score (nSPS) is 10.8. The first kappa shape index (κ1) is 13.8. The van der Waals surface area contributed by atoms with Gasteiger partial charge in [0.1, 0.15) is 11.6 Å². The van der Waals surface area contributed by atoms with Crippen LogP contribution in [0.15, 0.2) is 33.2 Å². The van der Waals surface area contributed by atoms with Gasteiger partial charge in [-0.05, 0) is 25.1 Å². The molecule has 0 unspecified atom stereocenters. The molecule has 0 spiro atoms. The van der Waals surface area contributed by atoms with Crippen LogP contribution in [0.3, 0.4) is 0 Å². The number of nitrogens with two attached hydrogens (primary N) is 1. The number of benzene rings is 1. The lowest BCUT2D eigenvalue weighted by Crippen LogP contribution is -1.97. The Morgan fingerprint density at radius 3 is 3.11 bits per heavy atom. The lowest BCUT2D eigenvalue weighted by molar-refractivity contribution is 0.339. The molecule has 0 radical (unpaired) electrons. The van der Waals surface area contributed by atoms with Gasteiger partial charge in [0.05, 0.1) is 12.8 Å². The molecule has 0 saturated heterocycles. The third-order valence-electron chi connectivity index (χ3n) is 2.16. The number of nitrogen functional groups attached to an aromatic ring is 1. The standard InChI is InChI=1S/C12H13BrN4OS/c1-2-18-10-4-3-9(13)5-8(10)6-15-17-12-16-11(14)7-19-12/h3-7H,2,14H2,1H3,(H,16,17). The van der Waals surface area contributed by atoms with E-state index in [0.717, 1.165) is 15.8 Å². The van der Waals surface area contributed by atoms with Crippen LogP contribution >= 0.6 is 27.3 Å². The van der Waals surface area contributed by atoms with E-state index in [1.54, 1.807) is 11.6 Å². The van der Waals surface area contributed by atoms with Gasteiger partial charge in [-0.2, -0.15) is 5.10 Å². The molecule has 0 aliphatic rings. The van der Waals surface area contributed by atoms with Crippen LogP contribution in [0.1, 0.15) is 12.5 Å². The third-order valence-corrected chi connectivity index (χ3v) is 3.42. The number of halogens is 1. The maximum atomic E-state index is 5.53. The predicted molar refractivity (Wildman–Crippen MR) is 83.1 cm³/mol. The Labute approximate surface area is 123 Å². The molecule has 0 fully saturated rings. The number of hydrazone groups is 1. The number of ether oxygens (including phenoxy) is 1. The van der Waals surface area contributed by atoms with E-state index in [2.05, 4.69) is 31.4 Å². The minimum atomic E-state index is 0.486. The third kappa shape index (κ3) is 3.93. The quantitative estimate of drug-likeness (QED) is 0.646. The van der Waals surface area contributed by atoms with Gasteiger partial charge in [0.2, 0.25) is 5.13 Å². The summed E-state index contributed by atoms with van der Waals surface area (Å²) in [6, 6.07) is 5.76. The van der Waals surface area contributed by atoms with Gasteiger partial charge in [0.25, 0.3) is 0 Å². The van der Waals surface area contributed by atoms with Crippen LogP contribution in [-0.4, -0.2) is 17.8 Å². The van der Waals surface area contributed by atoms with Crippen LogP contribution in [0.25, 0.3) is 0 Å². The summed E-state index contributed by atoms with van der Waals surface area (Å²) in [5.41, 5.74) is 9.24. The van der Waals surface area contributed by atoms with E-state index in [4.69, 9.17) is 10.5 Å². The fourth-order valence-electron chi connectivity index (χ4n) is 1.40. The second-order valence-corrected chi connectivity index (χ2v) is 5.34. The first-order valence-corrected chi connectivity index (χ1v) is 7.28. The van der Waals surface area contributed by atoms with Gasteiger partial charge in [-0.25, -0.2) is 4.98 Å². The summed E-state index contributed by atoms with van der Waals surface area (Å²) in [6.07, 6.45) is 1.69. The Hall–Kier alpha value is -1.60. The smallest absolute Gasteiger partial charge is 0.205 e. The number of nitrogens with zero attached hydrogens (tertiary/aromatic N) is 2. The average Bonchev–Trinajstić information content (AvgIpc) is 2.79. The second kappa shape index (κ2) is 6.53. The first-order chi connectivity index (χ1) is 9.19. The van der Waals surface area contributed by atoms with Gasteiger partial charge in [-0.3, -0.25) is 5.43 Å². The van der Waals surface area contributed by atoms with Crippen molar-refractivity contribution in [3.05, 3.63) is 33.6 Å². The van der Waals surface area contributed by atoms with E-state index in [1.165, 1.54) is 11.3 Å². The molecule has 3 N–H and O–H groups in total. The van der Waals surface area contributed by atoms with Crippen molar-refractivity contribution in [3.8, 4) is 5.75 Å². The molecule has 0 amide bonds. The Morgan fingerprint density at radius 2 is 2.42 bits per heavy atom. The number of hydrogen-bond acceptors (Lipinski definition) is 6. The highest BCUT2D eigenvalue weighted by Gasteiger charge is 2.02. The zero-order valence-corrected chi connectivity index (χ0v) is 12.7. The fourth-order valence-corrected chi connectivity index (χ4v) is 2.33. The van der Waals surface area contributed by atoms with Crippen LogP contribution < -0.4 is 15.9 Å². The largest absolute Gasteiger partial charge is 0.493 e. The molecule has 1 heterocycles. The van der Waals surface area contributed by atoms with Gasteiger partial charge < -0.3 is 10.5 Å². The van der Waals surface area contributed by atoms with Crippen LogP contribution in [0.2, 0.25) is 0 Å². The molecule has 7 heteroatoms. The zero-order chi connectivity index (χ0) is 13.7. The van der Waals surface area contributed by atoms with Crippen molar-refractivity contribution in [1.29, 1.82) is 0 Å². The van der Waals surface area contributed by atoms with E-state index in [-0.39, 0.29) is 0 Å². The van der Waals surface area contributed by atoms with Gasteiger partial charge in [-0.15, -0.1) is 11.3 Å². The van der Waals surface area contributed by atoms with Crippen molar-refractivity contribution in [1.82, 2.24) is 4.98 Å². The molecule has 0 saturated carbocycles. The predicted octanol–water partition coefficient (Wildman–Crippen LogP) is 3.33. The first-order valence-electron chi connectivity index (χ1n) is 5.61. The molecule has 100 valence electrons. The van der Waals surface area contributed by atoms with Crippen molar-refractivity contribution in [2.45, 2.75) is 6.92 Å². The molecule has 5 nitrogen and oxygen atoms in total. The summed E-state index contributed by atoms with van der Waals surface area (Å²) < 4.78 is 6.49. The number of anilines is 2. The fraction of sp³-hybridized carbons (Fsp3) is 0.167. The van der Waals surface area contributed by atoms with Gasteiger partial charge in [0.15, 0.2) is 0 Å². The van der Waals surface area contributed by atoms with Crippen molar-refractivity contribution in [2.75, 3.05) is 17.8 Å². The highest BCUT2D eigenvalue weighted by molar-refractivity contribution is 9.10. The molecule has 0 aliphatic carbocycles. The zero-order valence-electron chi connectivity index (χ0n) is 10.3. The van der Waals surface area contributed by atoms with Crippen molar-refractivity contribution in [2.24, 2.45) is 5.10 Å². The number of hydrogen-bond donors (Lipinski definition) is 2. The molecular formula is C12H13BrN4OS. The van der Waals surface area contributed by atoms with Gasteiger partial charge in [-0.1, -0.05) is 15.9 Å². The molecule has 0 atom stereocenters. The highest BCUT2D eigenvalue weighted by atomic mass is 79.9. The number of rotatable bonds is 5. The summed E-state index contributed by atoms with van der Waals surface area (Å²) in [4.78, 5) is 4.05. The van der Waals surface area contributed by atoms with Crippen LogP contribution in [-0.2, 0) is 0 Å². The highest BCUT2D eigenvalue weighted by Crippen LogP contribution is 2.22. The SMILES string of the molecule is CCOc1ccc(Br)cc1C=NNc1nc(N)cs1. The Morgan fingerprint density at radius 1 is 1.58 bits per heavy atom. The van der Waals surface area contributed by atoms with Crippen LogP contribution in [0, 0.1) is 0 Å². The summed E-state index contributed by atoms with van der Waals surface area (Å²) in [5, 5.41) is 6.53. The van der Waals surface area contributed by atoms with Crippen LogP contribution in [0.4, 0.5) is 10.9 Å².